The summed E-state index contributed by atoms with van der Waals surface area (Å²) in [6.45, 7) is 3.83. The molecule has 0 radical (unpaired) electrons. The van der Waals surface area contributed by atoms with Gasteiger partial charge < -0.3 is 25.2 Å². The van der Waals surface area contributed by atoms with Gasteiger partial charge in [0, 0.05) is 25.1 Å². The van der Waals surface area contributed by atoms with Gasteiger partial charge in [-0.15, -0.1) is 0 Å². The average molecular weight is 501 g/mol. The third-order valence-electron chi connectivity index (χ3n) is 7.70. The highest BCUT2D eigenvalue weighted by molar-refractivity contribution is 5.64. The Kier molecular flexibility index (Phi) is 9.03. The van der Waals surface area contributed by atoms with Crippen molar-refractivity contribution in [2.24, 2.45) is 5.73 Å². The van der Waals surface area contributed by atoms with E-state index in [1.807, 2.05) is 12.1 Å². The van der Waals surface area contributed by atoms with Gasteiger partial charge in [0.25, 0.3) is 0 Å². The zero-order valence-corrected chi connectivity index (χ0v) is 21.7. The Bertz CT molecular complexity index is 1110. The SMILES string of the molecule is NCc1cccc(-c2ccc(C3OC(CN4CCCCCCC4)CC(c4ccc(CO)cc4)O3)cc2)c1. The Morgan fingerprint density at radius 3 is 2.16 bits per heavy atom. The summed E-state index contributed by atoms with van der Waals surface area (Å²) in [4.78, 5) is 2.59. The molecule has 2 heterocycles. The Morgan fingerprint density at radius 2 is 1.46 bits per heavy atom. The summed E-state index contributed by atoms with van der Waals surface area (Å²) in [5.41, 5.74) is 12.4. The van der Waals surface area contributed by atoms with Gasteiger partial charge in [-0.05, 0) is 59.8 Å². The fraction of sp³-hybridized carbons (Fsp3) is 0.438. The molecular formula is C32H40N2O3. The minimum Gasteiger partial charge on any atom is -0.392 e. The summed E-state index contributed by atoms with van der Waals surface area (Å²) in [5.74, 6) is 0. The highest BCUT2D eigenvalue weighted by Crippen LogP contribution is 2.38. The number of nitrogens with two attached hydrogens (primary N) is 1. The van der Waals surface area contributed by atoms with E-state index in [4.69, 9.17) is 15.2 Å². The zero-order chi connectivity index (χ0) is 25.5. The lowest BCUT2D eigenvalue weighted by Crippen LogP contribution is -2.40. The van der Waals surface area contributed by atoms with Crippen LogP contribution in [0.1, 0.15) is 73.2 Å². The molecule has 37 heavy (non-hydrogen) atoms. The molecule has 2 aliphatic heterocycles. The van der Waals surface area contributed by atoms with Crippen molar-refractivity contribution in [2.45, 2.75) is 70.2 Å². The fourth-order valence-corrected chi connectivity index (χ4v) is 5.53. The van der Waals surface area contributed by atoms with Gasteiger partial charge >= 0.3 is 0 Å². The van der Waals surface area contributed by atoms with Gasteiger partial charge in [0.1, 0.15) is 0 Å². The molecule has 0 spiro atoms. The van der Waals surface area contributed by atoms with Crippen LogP contribution in [0.15, 0.2) is 72.8 Å². The van der Waals surface area contributed by atoms with Crippen LogP contribution >= 0.6 is 0 Å². The molecule has 2 fully saturated rings. The van der Waals surface area contributed by atoms with E-state index in [2.05, 4.69) is 65.6 Å². The summed E-state index contributed by atoms with van der Waals surface area (Å²) in [6.07, 6.45) is 7.02. The summed E-state index contributed by atoms with van der Waals surface area (Å²) in [7, 11) is 0. The molecule has 3 N–H and O–H groups in total. The fourth-order valence-electron chi connectivity index (χ4n) is 5.53. The highest BCUT2D eigenvalue weighted by Gasteiger charge is 2.33. The standard InChI is InChI=1S/C32H40N2O3/c33-21-25-7-6-8-29(19-25)26-13-15-28(16-14-26)32-36-30(22-34-17-4-2-1-3-5-18-34)20-31(37-32)27-11-9-24(23-35)10-12-27/h6-16,19,30-32,35H,1-5,17-18,20-23,33H2. The predicted octanol–water partition coefficient (Wildman–Crippen LogP) is 6.12. The summed E-state index contributed by atoms with van der Waals surface area (Å²) in [6, 6.07) is 25.1. The third kappa shape index (κ3) is 6.86. The van der Waals surface area contributed by atoms with E-state index >= 15 is 0 Å². The Labute approximate surface area is 221 Å². The molecule has 3 atom stereocenters. The largest absolute Gasteiger partial charge is 0.392 e. The van der Waals surface area contributed by atoms with E-state index in [-0.39, 0.29) is 18.8 Å². The molecule has 0 aliphatic carbocycles. The van der Waals surface area contributed by atoms with Gasteiger partial charge in [-0.2, -0.15) is 0 Å². The van der Waals surface area contributed by atoms with Gasteiger partial charge in [0.05, 0.1) is 18.8 Å². The molecular weight excluding hydrogens is 460 g/mol. The molecule has 5 rings (SSSR count). The van der Waals surface area contributed by atoms with Crippen molar-refractivity contribution >= 4 is 0 Å². The molecule has 3 aromatic rings. The molecule has 5 heteroatoms. The minimum atomic E-state index is -0.416. The normalized spacial score (nSPS) is 23.4. The number of hydrogen-bond donors (Lipinski definition) is 2. The van der Waals surface area contributed by atoms with Crippen molar-refractivity contribution in [3.8, 4) is 11.1 Å². The maximum absolute atomic E-state index is 9.47. The first kappa shape index (κ1) is 26.1. The number of hydrogen-bond acceptors (Lipinski definition) is 5. The quantitative estimate of drug-likeness (QED) is 0.409. The van der Waals surface area contributed by atoms with Crippen LogP contribution in [0.5, 0.6) is 0 Å². The van der Waals surface area contributed by atoms with Gasteiger partial charge in [-0.25, -0.2) is 0 Å². The Balaban J connectivity index is 1.35. The lowest BCUT2D eigenvalue weighted by Gasteiger charge is -2.38. The monoisotopic (exact) mass is 500 g/mol. The second kappa shape index (κ2) is 12.8. The van der Waals surface area contributed by atoms with Crippen LogP contribution in [0, 0.1) is 0 Å². The van der Waals surface area contributed by atoms with Gasteiger partial charge in [0.15, 0.2) is 6.29 Å². The van der Waals surface area contributed by atoms with Crippen LogP contribution in [-0.4, -0.2) is 35.7 Å². The van der Waals surface area contributed by atoms with Crippen LogP contribution in [-0.2, 0) is 22.6 Å². The van der Waals surface area contributed by atoms with Crippen LogP contribution in [0.4, 0.5) is 0 Å². The first-order valence-corrected chi connectivity index (χ1v) is 13.8. The summed E-state index contributed by atoms with van der Waals surface area (Å²) >= 11 is 0. The van der Waals surface area contributed by atoms with Gasteiger partial charge in [-0.3, -0.25) is 0 Å². The molecule has 0 saturated carbocycles. The topological polar surface area (TPSA) is 68.0 Å². The third-order valence-corrected chi connectivity index (χ3v) is 7.70. The second-order valence-electron chi connectivity index (χ2n) is 10.4. The van der Waals surface area contributed by atoms with Crippen molar-refractivity contribution in [3.63, 3.8) is 0 Å². The lowest BCUT2D eigenvalue weighted by atomic mass is 9.98. The molecule has 0 aromatic heterocycles. The number of ether oxygens (including phenoxy) is 2. The Hall–Kier alpha value is -2.54. The summed E-state index contributed by atoms with van der Waals surface area (Å²) < 4.78 is 13.2. The highest BCUT2D eigenvalue weighted by atomic mass is 16.7. The van der Waals surface area contributed by atoms with Crippen LogP contribution in [0.2, 0.25) is 0 Å². The van der Waals surface area contributed by atoms with E-state index in [9.17, 15) is 5.11 Å². The molecule has 5 nitrogen and oxygen atoms in total. The van der Waals surface area contributed by atoms with Crippen molar-refractivity contribution in [2.75, 3.05) is 19.6 Å². The van der Waals surface area contributed by atoms with Crippen molar-refractivity contribution < 1.29 is 14.6 Å². The van der Waals surface area contributed by atoms with Crippen molar-refractivity contribution in [3.05, 3.63) is 95.1 Å². The smallest absolute Gasteiger partial charge is 0.184 e. The van der Waals surface area contributed by atoms with Crippen LogP contribution in [0.25, 0.3) is 11.1 Å². The van der Waals surface area contributed by atoms with Crippen molar-refractivity contribution in [1.82, 2.24) is 4.90 Å². The molecule has 2 saturated heterocycles. The predicted molar refractivity (Wildman–Crippen MR) is 148 cm³/mol. The minimum absolute atomic E-state index is 0.0489. The van der Waals surface area contributed by atoms with E-state index in [0.29, 0.717) is 6.54 Å². The number of aliphatic hydroxyl groups is 1. The van der Waals surface area contributed by atoms with E-state index in [0.717, 1.165) is 59.4 Å². The molecule has 2 aliphatic rings. The molecule has 3 aromatic carbocycles. The maximum atomic E-state index is 9.47. The van der Waals surface area contributed by atoms with E-state index < -0.39 is 6.29 Å². The second-order valence-corrected chi connectivity index (χ2v) is 10.4. The summed E-state index contributed by atoms with van der Waals surface area (Å²) in [5, 5.41) is 9.47. The first-order valence-electron chi connectivity index (χ1n) is 13.8. The molecule has 3 unspecified atom stereocenters. The van der Waals surface area contributed by atoms with E-state index in [1.54, 1.807) is 0 Å². The number of rotatable bonds is 7. The Morgan fingerprint density at radius 1 is 0.757 bits per heavy atom. The van der Waals surface area contributed by atoms with E-state index in [1.165, 1.54) is 32.1 Å². The zero-order valence-electron chi connectivity index (χ0n) is 21.7. The van der Waals surface area contributed by atoms with Gasteiger partial charge in [-0.1, -0.05) is 86.0 Å². The molecule has 0 amide bonds. The number of nitrogens with zero attached hydrogens (tertiary/aromatic N) is 1. The molecule has 0 bridgehead atoms. The van der Waals surface area contributed by atoms with Crippen LogP contribution < -0.4 is 5.73 Å². The number of aliphatic hydroxyl groups excluding tert-OH is 1. The van der Waals surface area contributed by atoms with Crippen molar-refractivity contribution in [1.29, 1.82) is 0 Å². The maximum Gasteiger partial charge on any atom is 0.184 e. The van der Waals surface area contributed by atoms with Gasteiger partial charge in [0.2, 0.25) is 0 Å². The lowest BCUT2D eigenvalue weighted by molar-refractivity contribution is -0.253. The molecule has 196 valence electrons. The first-order chi connectivity index (χ1) is 18.2. The number of likely N-dealkylation sites (tertiary alicyclic amines) is 1. The van der Waals surface area contributed by atoms with Crippen LogP contribution in [0.3, 0.4) is 0 Å². The number of benzene rings is 3. The average Bonchev–Trinajstić information content (AvgIpc) is 2.94.